The highest BCUT2D eigenvalue weighted by molar-refractivity contribution is 7.12. The summed E-state index contributed by atoms with van der Waals surface area (Å²) in [6.45, 7) is 10.1. The van der Waals surface area contributed by atoms with Crippen molar-refractivity contribution in [2.45, 2.75) is 27.2 Å². The van der Waals surface area contributed by atoms with Crippen molar-refractivity contribution in [3.05, 3.63) is 63.5 Å². The van der Waals surface area contributed by atoms with E-state index >= 15 is 0 Å². The van der Waals surface area contributed by atoms with Crippen LogP contribution in [0.3, 0.4) is 0 Å². The van der Waals surface area contributed by atoms with Crippen molar-refractivity contribution in [1.29, 1.82) is 0 Å². The van der Waals surface area contributed by atoms with Gasteiger partial charge in [-0.2, -0.15) is 0 Å². The molecule has 0 radical (unpaired) electrons. The van der Waals surface area contributed by atoms with Crippen molar-refractivity contribution in [2.75, 3.05) is 13.2 Å². The van der Waals surface area contributed by atoms with Crippen LogP contribution in [-0.2, 0) is 4.79 Å². The van der Waals surface area contributed by atoms with Crippen molar-refractivity contribution < 1.29 is 14.3 Å². The molecule has 1 aromatic heterocycles. The standard InChI is InChI=1S/C20H24N2O3S/c1-13-9-18(26-12-13)20(24)21-8-7-16(4)22-19(23)11-25-17-6-5-14(2)15(3)10-17/h5-6,9-10,12H,4,7-8,11H2,1-3H3,(H,21,24)(H,22,23). The molecule has 6 heteroatoms. The third-order valence-electron chi connectivity index (χ3n) is 3.83. The second kappa shape index (κ2) is 9.20. The van der Waals surface area contributed by atoms with Crippen molar-refractivity contribution in [3.63, 3.8) is 0 Å². The minimum atomic E-state index is -0.270. The molecule has 2 amide bonds. The summed E-state index contributed by atoms with van der Waals surface area (Å²) >= 11 is 1.41. The molecule has 5 nitrogen and oxygen atoms in total. The highest BCUT2D eigenvalue weighted by Crippen LogP contribution is 2.16. The summed E-state index contributed by atoms with van der Waals surface area (Å²) in [6, 6.07) is 7.55. The Morgan fingerprint density at radius 1 is 1.15 bits per heavy atom. The number of rotatable bonds is 8. The van der Waals surface area contributed by atoms with Crippen LogP contribution in [0.2, 0.25) is 0 Å². The van der Waals surface area contributed by atoms with Crippen molar-refractivity contribution in [2.24, 2.45) is 0 Å². The Bertz CT molecular complexity index is 811. The first-order valence-corrected chi connectivity index (χ1v) is 9.24. The summed E-state index contributed by atoms with van der Waals surface area (Å²) in [5, 5.41) is 7.43. The van der Waals surface area contributed by atoms with Crippen LogP contribution < -0.4 is 15.4 Å². The van der Waals surface area contributed by atoms with Gasteiger partial charge in [-0.25, -0.2) is 0 Å². The van der Waals surface area contributed by atoms with E-state index in [-0.39, 0.29) is 18.4 Å². The maximum atomic E-state index is 11.9. The first-order chi connectivity index (χ1) is 12.3. The van der Waals surface area contributed by atoms with Crippen molar-refractivity contribution >= 4 is 23.2 Å². The van der Waals surface area contributed by atoms with E-state index in [4.69, 9.17) is 4.74 Å². The van der Waals surface area contributed by atoms with Gasteiger partial charge in [0, 0.05) is 18.7 Å². The van der Waals surface area contributed by atoms with Gasteiger partial charge < -0.3 is 15.4 Å². The molecule has 26 heavy (non-hydrogen) atoms. The summed E-state index contributed by atoms with van der Waals surface area (Å²) in [7, 11) is 0. The first-order valence-electron chi connectivity index (χ1n) is 8.36. The maximum Gasteiger partial charge on any atom is 0.262 e. The van der Waals surface area contributed by atoms with Crippen LogP contribution in [0.15, 0.2) is 41.9 Å². The largest absolute Gasteiger partial charge is 0.484 e. The number of hydrogen-bond donors (Lipinski definition) is 2. The Hall–Kier alpha value is -2.60. The normalized spacial score (nSPS) is 10.3. The Labute approximate surface area is 158 Å². The number of carbonyl (C=O) groups is 2. The highest BCUT2D eigenvalue weighted by Gasteiger charge is 2.09. The third-order valence-corrected chi connectivity index (χ3v) is 4.88. The maximum absolute atomic E-state index is 11.9. The fourth-order valence-corrected chi connectivity index (χ4v) is 3.03. The zero-order valence-corrected chi connectivity index (χ0v) is 16.2. The molecule has 0 saturated heterocycles. The van der Waals surface area contributed by atoms with Gasteiger partial charge in [0.2, 0.25) is 0 Å². The number of hydrogen-bond acceptors (Lipinski definition) is 4. The van der Waals surface area contributed by atoms with Gasteiger partial charge in [0.15, 0.2) is 6.61 Å². The zero-order valence-electron chi connectivity index (χ0n) is 15.3. The predicted octanol–water partition coefficient (Wildman–Crippen LogP) is 3.50. The summed E-state index contributed by atoms with van der Waals surface area (Å²) in [6.07, 6.45) is 0.464. The van der Waals surface area contributed by atoms with Crippen molar-refractivity contribution in [3.8, 4) is 5.75 Å². The van der Waals surface area contributed by atoms with E-state index in [0.29, 0.717) is 29.3 Å². The molecule has 0 aliphatic carbocycles. The fourth-order valence-electron chi connectivity index (χ4n) is 2.21. The first kappa shape index (κ1) is 19.7. The quantitative estimate of drug-likeness (QED) is 0.745. The number of benzene rings is 1. The summed E-state index contributed by atoms with van der Waals surface area (Å²) in [4.78, 5) is 24.5. The van der Waals surface area contributed by atoms with E-state index in [2.05, 4.69) is 17.2 Å². The van der Waals surface area contributed by atoms with Gasteiger partial charge in [0.25, 0.3) is 11.8 Å². The van der Waals surface area contributed by atoms with Gasteiger partial charge in [-0.05, 0) is 61.0 Å². The van der Waals surface area contributed by atoms with Gasteiger partial charge in [-0.15, -0.1) is 11.3 Å². The number of thiophene rings is 1. The van der Waals surface area contributed by atoms with Gasteiger partial charge >= 0.3 is 0 Å². The van der Waals surface area contributed by atoms with Crippen LogP contribution in [0, 0.1) is 20.8 Å². The molecule has 1 heterocycles. The van der Waals surface area contributed by atoms with Crippen molar-refractivity contribution in [1.82, 2.24) is 10.6 Å². The van der Waals surface area contributed by atoms with E-state index in [0.717, 1.165) is 11.1 Å². The van der Waals surface area contributed by atoms with Crippen LogP contribution >= 0.6 is 11.3 Å². The van der Waals surface area contributed by atoms with Crippen LogP contribution in [0.1, 0.15) is 32.8 Å². The smallest absolute Gasteiger partial charge is 0.262 e. The Morgan fingerprint density at radius 3 is 2.58 bits per heavy atom. The topological polar surface area (TPSA) is 67.4 Å². The lowest BCUT2D eigenvalue weighted by Gasteiger charge is -2.11. The second-order valence-electron chi connectivity index (χ2n) is 6.18. The molecule has 2 aromatic rings. The zero-order chi connectivity index (χ0) is 19.1. The molecule has 0 saturated carbocycles. The molecule has 0 atom stereocenters. The molecule has 0 fully saturated rings. The molecule has 0 aliphatic rings. The third kappa shape index (κ3) is 6.04. The molecule has 0 bridgehead atoms. The molecular formula is C20H24N2O3S. The molecule has 0 unspecified atom stereocenters. The Kier molecular flexibility index (Phi) is 6.97. The average molecular weight is 372 g/mol. The molecule has 2 rings (SSSR count). The average Bonchev–Trinajstić information content (AvgIpc) is 3.02. The number of ether oxygens (including phenoxy) is 1. The SMILES string of the molecule is C=C(CCNC(=O)c1cc(C)cs1)NC(=O)COc1ccc(C)c(C)c1. The minimum Gasteiger partial charge on any atom is -0.484 e. The lowest BCUT2D eigenvalue weighted by Crippen LogP contribution is -2.30. The Balaban J connectivity index is 1.67. The van der Waals surface area contributed by atoms with Crippen LogP contribution in [-0.4, -0.2) is 25.0 Å². The van der Waals surface area contributed by atoms with E-state index in [1.165, 1.54) is 16.9 Å². The Morgan fingerprint density at radius 2 is 1.92 bits per heavy atom. The fraction of sp³-hybridized carbons (Fsp3) is 0.300. The monoisotopic (exact) mass is 372 g/mol. The van der Waals surface area contributed by atoms with E-state index in [9.17, 15) is 9.59 Å². The van der Waals surface area contributed by atoms with Crippen LogP contribution in [0.4, 0.5) is 0 Å². The number of aryl methyl sites for hydroxylation is 3. The van der Waals surface area contributed by atoms with Gasteiger partial charge in [0.05, 0.1) is 4.88 Å². The van der Waals surface area contributed by atoms with Gasteiger partial charge in [-0.1, -0.05) is 12.6 Å². The van der Waals surface area contributed by atoms with Crippen LogP contribution in [0.5, 0.6) is 5.75 Å². The molecule has 0 aliphatic heterocycles. The summed E-state index contributed by atoms with van der Waals surface area (Å²) in [5.41, 5.74) is 3.90. The van der Waals surface area contributed by atoms with E-state index < -0.39 is 0 Å². The molecule has 0 spiro atoms. The predicted molar refractivity (Wildman–Crippen MR) is 105 cm³/mol. The number of nitrogens with one attached hydrogen (secondary N) is 2. The summed E-state index contributed by atoms with van der Waals surface area (Å²) in [5.74, 6) is 0.279. The van der Waals surface area contributed by atoms with E-state index in [1.807, 2.05) is 50.4 Å². The summed E-state index contributed by atoms with van der Waals surface area (Å²) < 4.78 is 5.49. The molecule has 138 valence electrons. The molecule has 1 aromatic carbocycles. The minimum absolute atomic E-state index is 0.0810. The van der Waals surface area contributed by atoms with Gasteiger partial charge in [0.1, 0.15) is 5.75 Å². The second-order valence-corrected chi connectivity index (χ2v) is 7.09. The molecule has 2 N–H and O–H groups in total. The lowest BCUT2D eigenvalue weighted by atomic mass is 10.1. The van der Waals surface area contributed by atoms with Crippen LogP contribution in [0.25, 0.3) is 0 Å². The lowest BCUT2D eigenvalue weighted by molar-refractivity contribution is -0.122. The molecular weight excluding hydrogens is 348 g/mol. The highest BCUT2D eigenvalue weighted by atomic mass is 32.1. The van der Waals surface area contributed by atoms with E-state index in [1.54, 1.807) is 0 Å². The number of amides is 2. The number of carbonyl (C=O) groups excluding carboxylic acids is 2. The van der Waals surface area contributed by atoms with Gasteiger partial charge in [-0.3, -0.25) is 9.59 Å².